The maximum absolute atomic E-state index is 13.0. The lowest BCUT2D eigenvalue weighted by molar-refractivity contribution is 0.0718. The zero-order valence-corrected chi connectivity index (χ0v) is 21.2. The number of anilines is 1. The van der Waals surface area contributed by atoms with Crippen molar-refractivity contribution < 1.29 is 9.53 Å². The molecule has 2 aliphatic rings. The standard InChI is InChI=1S/C28H29N5O2S/c1-2-35-21-10-8-18(9-11-21)28(34)33-15-12-20(13-16-33)30-26-24-22-6-3-7-23(22)36-27(24)32-25(31-26)19-5-4-14-29-17-19/h4-5,8-11,14,17,20H,2-3,6-7,12-13,15-16H2,1H3,(H,30,31,32). The molecule has 3 aromatic heterocycles. The number of thiophene rings is 1. The summed E-state index contributed by atoms with van der Waals surface area (Å²) in [7, 11) is 0. The fourth-order valence-electron chi connectivity index (χ4n) is 5.19. The molecule has 6 rings (SSSR count). The number of carbonyl (C=O) groups is 1. The van der Waals surface area contributed by atoms with Crippen LogP contribution in [0.3, 0.4) is 0 Å². The Labute approximate surface area is 214 Å². The number of nitrogens with zero attached hydrogens (tertiary/aromatic N) is 4. The average molecular weight is 500 g/mol. The largest absolute Gasteiger partial charge is 0.494 e. The molecule has 4 heterocycles. The minimum Gasteiger partial charge on any atom is -0.494 e. The minimum atomic E-state index is 0.0791. The summed E-state index contributed by atoms with van der Waals surface area (Å²) in [6.45, 7) is 4.00. The van der Waals surface area contributed by atoms with E-state index in [1.165, 1.54) is 22.2 Å². The van der Waals surface area contributed by atoms with Crippen LogP contribution in [-0.4, -0.2) is 51.5 Å². The van der Waals surface area contributed by atoms with Crippen LogP contribution in [0.5, 0.6) is 5.75 Å². The van der Waals surface area contributed by atoms with E-state index in [2.05, 4.69) is 10.3 Å². The van der Waals surface area contributed by atoms with Crippen molar-refractivity contribution in [2.24, 2.45) is 0 Å². The quantitative estimate of drug-likeness (QED) is 0.385. The van der Waals surface area contributed by atoms with Gasteiger partial charge in [-0.15, -0.1) is 11.3 Å². The Bertz CT molecular complexity index is 1380. The van der Waals surface area contributed by atoms with Crippen LogP contribution >= 0.6 is 11.3 Å². The highest BCUT2D eigenvalue weighted by molar-refractivity contribution is 7.19. The van der Waals surface area contributed by atoms with Crippen molar-refractivity contribution in [1.29, 1.82) is 0 Å². The van der Waals surface area contributed by atoms with E-state index in [9.17, 15) is 4.79 Å². The Morgan fingerprint density at radius 3 is 2.72 bits per heavy atom. The van der Waals surface area contributed by atoms with Crippen molar-refractivity contribution in [3.8, 4) is 17.1 Å². The molecule has 1 fully saturated rings. The van der Waals surface area contributed by atoms with Gasteiger partial charge in [-0.1, -0.05) is 0 Å². The van der Waals surface area contributed by atoms with E-state index in [-0.39, 0.29) is 11.9 Å². The summed E-state index contributed by atoms with van der Waals surface area (Å²) in [4.78, 5) is 31.7. The first kappa shape index (κ1) is 22.9. The molecule has 0 atom stereocenters. The van der Waals surface area contributed by atoms with Gasteiger partial charge in [-0.05, 0) is 81.0 Å². The average Bonchev–Trinajstić information content (AvgIpc) is 3.51. The molecule has 8 heteroatoms. The van der Waals surface area contributed by atoms with Crippen LogP contribution in [0.4, 0.5) is 5.82 Å². The predicted molar refractivity (Wildman–Crippen MR) is 143 cm³/mol. The van der Waals surface area contributed by atoms with Crippen LogP contribution in [-0.2, 0) is 12.8 Å². The summed E-state index contributed by atoms with van der Waals surface area (Å²) >= 11 is 1.80. The third-order valence-electron chi connectivity index (χ3n) is 7.02. The smallest absolute Gasteiger partial charge is 0.253 e. The number of rotatable bonds is 6. The van der Waals surface area contributed by atoms with Gasteiger partial charge < -0.3 is 15.0 Å². The van der Waals surface area contributed by atoms with Gasteiger partial charge in [0, 0.05) is 47.5 Å². The molecule has 0 spiro atoms. The van der Waals surface area contributed by atoms with Gasteiger partial charge in [-0.25, -0.2) is 9.97 Å². The predicted octanol–water partition coefficient (Wildman–Crippen LogP) is 5.36. The van der Waals surface area contributed by atoms with E-state index >= 15 is 0 Å². The maximum atomic E-state index is 13.0. The fraction of sp³-hybridized carbons (Fsp3) is 0.357. The van der Waals surface area contributed by atoms with Crippen LogP contribution in [0, 0.1) is 0 Å². The van der Waals surface area contributed by atoms with Crippen LogP contribution in [0.25, 0.3) is 21.6 Å². The third-order valence-corrected chi connectivity index (χ3v) is 8.21. The monoisotopic (exact) mass is 499 g/mol. The molecule has 1 N–H and O–H groups in total. The molecule has 7 nitrogen and oxygen atoms in total. The number of carbonyl (C=O) groups excluding carboxylic acids is 1. The van der Waals surface area contributed by atoms with E-state index in [4.69, 9.17) is 14.7 Å². The molecule has 0 bridgehead atoms. The number of benzene rings is 1. The Balaban J connectivity index is 1.20. The summed E-state index contributed by atoms with van der Waals surface area (Å²) < 4.78 is 5.50. The molecule has 0 unspecified atom stereocenters. The summed E-state index contributed by atoms with van der Waals surface area (Å²) in [6, 6.07) is 11.6. The zero-order chi connectivity index (χ0) is 24.5. The minimum absolute atomic E-state index is 0.0791. The number of amides is 1. The molecule has 1 amide bonds. The molecule has 1 aromatic carbocycles. The SMILES string of the molecule is CCOc1ccc(C(=O)N2CCC(Nc3nc(-c4cccnc4)nc4sc5c(c34)CCC5)CC2)cc1. The Kier molecular flexibility index (Phi) is 6.27. The topological polar surface area (TPSA) is 80.2 Å². The highest BCUT2D eigenvalue weighted by Gasteiger charge is 2.27. The van der Waals surface area contributed by atoms with Crippen molar-refractivity contribution in [2.75, 3.05) is 25.0 Å². The molecule has 0 saturated carbocycles. The van der Waals surface area contributed by atoms with Gasteiger partial charge in [0.05, 0.1) is 12.0 Å². The number of hydrogen-bond donors (Lipinski definition) is 1. The summed E-state index contributed by atoms with van der Waals surface area (Å²) in [5.74, 6) is 2.50. The van der Waals surface area contributed by atoms with Crippen molar-refractivity contribution in [3.63, 3.8) is 0 Å². The maximum Gasteiger partial charge on any atom is 0.253 e. The first-order valence-electron chi connectivity index (χ1n) is 12.7. The second kappa shape index (κ2) is 9.85. The van der Waals surface area contributed by atoms with Gasteiger partial charge in [0.25, 0.3) is 5.91 Å². The summed E-state index contributed by atoms with van der Waals surface area (Å²) in [6.07, 6.45) is 8.76. The lowest BCUT2D eigenvalue weighted by Crippen LogP contribution is -2.42. The van der Waals surface area contributed by atoms with E-state index in [0.29, 0.717) is 18.0 Å². The molecule has 1 aliphatic heterocycles. The molecular formula is C28H29N5O2S. The number of likely N-dealkylation sites (tertiary alicyclic amines) is 1. The molecule has 36 heavy (non-hydrogen) atoms. The zero-order valence-electron chi connectivity index (χ0n) is 20.4. The van der Waals surface area contributed by atoms with E-state index in [1.807, 2.05) is 54.4 Å². The van der Waals surface area contributed by atoms with Gasteiger partial charge in [0.15, 0.2) is 5.82 Å². The number of piperidine rings is 1. The second-order valence-corrected chi connectivity index (χ2v) is 10.4. The van der Waals surface area contributed by atoms with Gasteiger partial charge in [-0.2, -0.15) is 0 Å². The number of hydrogen-bond acceptors (Lipinski definition) is 7. The van der Waals surface area contributed by atoms with Crippen LogP contribution in [0.1, 0.15) is 47.0 Å². The van der Waals surface area contributed by atoms with E-state index in [0.717, 1.165) is 60.7 Å². The highest BCUT2D eigenvalue weighted by atomic mass is 32.1. The van der Waals surface area contributed by atoms with Crippen molar-refractivity contribution in [2.45, 2.75) is 45.1 Å². The van der Waals surface area contributed by atoms with Crippen LogP contribution < -0.4 is 10.1 Å². The first-order valence-corrected chi connectivity index (χ1v) is 13.5. The van der Waals surface area contributed by atoms with Gasteiger partial charge >= 0.3 is 0 Å². The van der Waals surface area contributed by atoms with Gasteiger partial charge in [-0.3, -0.25) is 9.78 Å². The number of ether oxygens (including phenoxy) is 1. The molecule has 1 saturated heterocycles. The van der Waals surface area contributed by atoms with E-state index < -0.39 is 0 Å². The molecule has 1 aliphatic carbocycles. The Hall–Kier alpha value is -3.52. The first-order chi connectivity index (χ1) is 17.7. The van der Waals surface area contributed by atoms with Crippen molar-refractivity contribution in [3.05, 3.63) is 64.8 Å². The van der Waals surface area contributed by atoms with E-state index in [1.54, 1.807) is 17.5 Å². The lowest BCUT2D eigenvalue weighted by Gasteiger charge is -2.33. The van der Waals surface area contributed by atoms with Crippen molar-refractivity contribution in [1.82, 2.24) is 19.9 Å². The number of aryl methyl sites for hydroxylation is 2. The summed E-state index contributed by atoms with van der Waals surface area (Å²) in [5, 5.41) is 4.94. The summed E-state index contributed by atoms with van der Waals surface area (Å²) in [5.41, 5.74) is 3.04. The van der Waals surface area contributed by atoms with Gasteiger partial charge in [0.1, 0.15) is 16.4 Å². The number of fused-ring (bicyclic) bond motifs is 3. The molecular weight excluding hydrogens is 470 g/mol. The normalized spacial score (nSPS) is 15.8. The Morgan fingerprint density at radius 1 is 1.14 bits per heavy atom. The molecule has 0 radical (unpaired) electrons. The Morgan fingerprint density at radius 2 is 1.97 bits per heavy atom. The number of aromatic nitrogens is 3. The fourth-order valence-corrected chi connectivity index (χ4v) is 6.45. The highest BCUT2D eigenvalue weighted by Crippen LogP contribution is 2.41. The van der Waals surface area contributed by atoms with Gasteiger partial charge in [0.2, 0.25) is 0 Å². The number of pyridine rings is 1. The number of nitrogens with one attached hydrogen (secondary N) is 1. The van der Waals surface area contributed by atoms with Crippen LogP contribution in [0.15, 0.2) is 48.8 Å². The molecule has 4 aromatic rings. The second-order valence-electron chi connectivity index (χ2n) is 9.34. The van der Waals surface area contributed by atoms with Crippen molar-refractivity contribution >= 4 is 33.3 Å². The lowest BCUT2D eigenvalue weighted by atomic mass is 10.0. The molecule has 184 valence electrons. The third kappa shape index (κ3) is 4.41. The van der Waals surface area contributed by atoms with Crippen LogP contribution in [0.2, 0.25) is 0 Å².